The zero-order valence-electron chi connectivity index (χ0n) is 9.29. The summed E-state index contributed by atoms with van der Waals surface area (Å²) in [6, 6.07) is 4.00. The third kappa shape index (κ3) is 3.04. The van der Waals surface area contributed by atoms with Gasteiger partial charge in [-0.1, -0.05) is 6.07 Å². The predicted octanol–water partition coefficient (Wildman–Crippen LogP) is 1.51. The van der Waals surface area contributed by atoms with Crippen LogP contribution in [0.2, 0.25) is 0 Å². The number of hydrogen-bond donors (Lipinski definition) is 1. The van der Waals surface area contributed by atoms with Crippen LogP contribution in [0, 0.1) is 10.1 Å². The molecule has 0 aliphatic heterocycles. The number of rotatable bonds is 4. The van der Waals surface area contributed by atoms with E-state index in [2.05, 4.69) is 15.9 Å². The highest BCUT2D eigenvalue weighted by molar-refractivity contribution is 9.10. The number of carboxylic acid groups (broad SMARTS) is 1. The number of carbonyl (C=O) groups excluding carboxylic acids is 1. The van der Waals surface area contributed by atoms with Crippen LogP contribution in [0.4, 0.5) is 5.69 Å². The maximum atomic E-state index is 11.9. The van der Waals surface area contributed by atoms with Crippen molar-refractivity contribution in [3.63, 3.8) is 0 Å². The highest BCUT2D eigenvalue weighted by Gasteiger charge is 2.22. The van der Waals surface area contributed by atoms with Gasteiger partial charge in [-0.05, 0) is 22.0 Å². The van der Waals surface area contributed by atoms with Crippen LogP contribution in [0.5, 0.6) is 0 Å². The third-order valence-electron chi connectivity index (χ3n) is 2.12. The molecule has 0 radical (unpaired) electrons. The molecule has 0 bridgehead atoms. The number of carboxylic acids is 1. The number of hydrogen-bond acceptors (Lipinski definition) is 4. The molecule has 0 saturated heterocycles. The lowest BCUT2D eigenvalue weighted by Crippen LogP contribution is -2.32. The zero-order chi connectivity index (χ0) is 13.9. The summed E-state index contributed by atoms with van der Waals surface area (Å²) in [5.41, 5.74) is -0.197. The van der Waals surface area contributed by atoms with Crippen LogP contribution in [0.15, 0.2) is 22.7 Å². The van der Waals surface area contributed by atoms with E-state index in [1.807, 2.05) is 0 Å². The van der Waals surface area contributed by atoms with Gasteiger partial charge in [0.1, 0.15) is 11.0 Å². The molecule has 0 atom stereocenters. The molecular weight excluding hydrogens is 308 g/mol. The van der Waals surface area contributed by atoms with Gasteiger partial charge in [0.05, 0.1) is 10.5 Å². The van der Waals surface area contributed by atoms with E-state index in [1.165, 1.54) is 25.2 Å². The van der Waals surface area contributed by atoms with Crippen LogP contribution in [-0.2, 0) is 4.79 Å². The van der Waals surface area contributed by atoms with Gasteiger partial charge in [0.25, 0.3) is 11.6 Å². The molecule has 0 unspecified atom stereocenters. The Morgan fingerprint density at radius 3 is 2.61 bits per heavy atom. The number of nitro groups is 1. The first-order valence-corrected chi connectivity index (χ1v) is 5.54. The lowest BCUT2D eigenvalue weighted by molar-refractivity contribution is -0.385. The Kier molecular flexibility index (Phi) is 4.38. The number of carbonyl (C=O) groups is 2. The smallest absolute Gasteiger partial charge is 0.323 e. The van der Waals surface area contributed by atoms with Crippen molar-refractivity contribution < 1.29 is 19.6 Å². The summed E-state index contributed by atoms with van der Waals surface area (Å²) in [5, 5.41) is 19.3. The molecular formula is C10H9BrN2O5. The Labute approximate surface area is 110 Å². The fraction of sp³-hybridized carbons (Fsp3) is 0.200. The van der Waals surface area contributed by atoms with Crippen LogP contribution >= 0.6 is 15.9 Å². The number of nitrogens with zero attached hydrogens (tertiary/aromatic N) is 2. The molecule has 96 valence electrons. The molecule has 7 nitrogen and oxygen atoms in total. The minimum Gasteiger partial charge on any atom is -0.480 e. The number of aliphatic carboxylic acids is 1. The van der Waals surface area contributed by atoms with Crippen molar-refractivity contribution in [2.75, 3.05) is 13.6 Å². The Morgan fingerprint density at radius 1 is 1.50 bits per heavy atom. The van der Waals surface area contributed by atoms with E-state index in [4.69, 9.17) is 5.11 Å². The first-order chi connectivity index (χ1) is 8.34. The SMILES string of the molecule is CN(CC(=O)O)C(=O)c1cccc([N+](=O)[O-])c1Br. The fourth-order valence-electron chi connectivity index (χ4n) is 1.31. The first kappa shape index (κ1) is 14.1. The summed E-state index contributed by atoms with van der Waals surface area (Å²) < 4.78 is 0.0391. The van der Waals surface area contributed by atoms with Gasteiger partial charge in [0.15, 0.2) is 0 Å². The standard InChI is InChI=1S/C10H9BrN2O5/c1-12(5-8(14)15)10(16)6-3-2-4-7(9(6)11)13(17)18/h2-4H,5H2,1H3,(H,14,15). The first-order valence-electron chi connectivity index (χ1n) is 4.74. The van der Waals surface area contributed by atoms with Crippen LogP contribution in [0.25, 0.3) is 0 Å². The Hall–Kier alpha value is -1.96. The average Bonchev–Trinajstić information content (AvgIpc) is 2.27. The third-order valence-corrected chi connectivity index (χ3v) is 2.96. The van der Waals surface area contributed by atoms with Gasteiger partial charge in [-0.25, -0.2) is 0 Å². The lowest BCUT2D eigenvalue weighted by Gasteiger charge is -2.15. The number of halogens is 1. The molecule has 1 N–H and O–H groups in total. The highest BCUT2D eigenvalue weighted by Crippen LogP contribution is 2.28. The number of likely N-dealkylation sites (N-methyl/N-ethyl adjacent to an activating group) is 1. The summed E-state index contributed by atoms with van der Waals surface area (Å²) in [5.74, 6) is -1.76. The molecule has 8 heteroatoms. The van der Waals surface area contributed by atoms with E-state index < -0.39 is 23.3 Å². The van der Waals surface area contributed by atoms with Crippen molar-refractivity contribution in [3.8, 4) is 0 Å². The monoisotopic (exact) mass is 316 g/mol. The Bertz CT molecular complexity index is 517. The normalized spacial score (nSPS) is 9.89. The van der Waals surface area contributed by atoms with Gasteiger partial charge in [0.2, 0.25) is 0 Å². The molecule has 0 aliphatic rings. The van der Waals surface area contributed by atoms with Gasteiger partial charge in [-0.15, -0.1) is 0 Å². The fourth-order valence-corrected chi connectivity index (χ4v) is 1.88. The zero-order valence-corrected chi connectivity index (χ0v) is 10.9. The average molecular weight is 317 g/mol. The molecule has 1 aromatic rings. The minimum absolute atomic E-state index is 0.0391. The van der Waals surface area contributed by atoms with Crippen LogP contribution < -0.4 is 0 Å². The molecule has 0 fully saturated rings. The van der Waals surface area contributed by atoms with Crippen molar-refractivity contribution in [1.29, 1.82) is 0 Å². The summed E-state index contributed by atoms with van der Waals surface area (Å²) in [4.78, 5) is 33.4. The van der Waals surface area contributed by atoms with Gasteiger partial charge in [-0.3, -0.25) is 19.7 Å². The number of amides is 1. The van der Waals surface area contributed by atoms with E-state index >= 15 is 0 Å². The van der Waals surface area contributed by atoms with Crippen molar-refractivity contribution >= 4 is 33.5 Å². The molecule has 0 heterocycles. The van der Waals surface area contributed by atoms with Crippen LogP contribution in [-0.4, -0.2) is 40.4 Å². The predicted molar refractivity (Wildman–Crippen MR) is 65.4 cm³/mol. The van der Waals surface area contributed by atoms with Gasteiger partial charge in [-0.2, -0.15) is 0 Å². The maximum Gasteiger partial charge on any atom is 0.323 e. The molecule has 1 amide bonds. The Morgan fingerprint density at radius 2 is 2.11 bits per heavy atom. The van der Waals surface area contributed by atoms with E-state index in [0.29, 0.717) is 0 Å². The van der Waals surface area contributed by atoms with E-state index in [-0.39, 0.29) is 15.7 Å². The van der Waals surface area contributed by atoms with E-state index in [9.17, 15) is 19.7 Å². The summed E-state index contributed by atoms with van der Waals surface area (Å²) in [6.45, 7) is -0.478. The molecule has 0 aliphatic carbocycles. The second-order valence-corrected chi connectivity index (χ2v) is 4.24. The van der Waals surface area contributed by atoms with Gasteiger partial charge < -0.3 is 10.0 Å². The second kappa shape index (κ2) is 5.58. The molecule has 18 heavy (non-hydrogen) atoms. The maximum absolute atomic E-state index is 11.9. The van der Waals surface area contributed by atoms with Crippen LogP contribution in [0.1, 0.15) is 10.4 Å². The molecule has 1 aromatic carbocycles. The highest BCUT2D eigenvalue weighted by atomic mass is 79.9. The van der Waals surface area contributed by atoms with Crippen LogP contribution in [0.3, 0.4) is 0 Å². The largest absolute Gasteiger partial charge is 0.480 e. The quantitative estimate of drug-likeness (QED) is 0.670. The molecule has 0 saturated carbocycles. The summed E-state index contributed by atoms with van der Waals surface area (Å²) in [6.07, 6.45) is 0. The van der Waals surface area contributed by atoms with Crippen molar-refractivity contribution in [2.45, 2.75) is 0 Å². The van der Waals surface area contributed by atoms with E-state index in [1.54, 1.807) is 0 Å². The number of benzene rings is 1. The van der Waals surface area contributed by atoms with Crippen molar-refractivity contribution in [1.82, 2.24) is 4.90 Å². The second-order valence-electron chi connectivity index (χ2n) is 3.45. The topological polar surface area (TPSA) is 101 Å². The minimum atomic E-state index is -1.16. The summed E-state index contributed by atoms with van der Waals surface area (Å²) in [7, 11) is 1.31. The molecule has 0 spiro atoms. The lowest BCUT2D eigenvalue weighted by atomic mass is 10.2. The van der Waals surface area contributed by atoms with E-state index in [0.717, 1.165) is 4.90 Å². The summed E-state index contributed by atoms with van der Waals surface area (Å²) >= 11 is 2.98. The van der Waals surface area contributed by atoms with Gasteiger partial charge in [0, 0.05) is 13.1 Å². The van der Waals surface area contributed by atoms with Crippen molar-refractivity contribution in [3.05, 3.63) is 38.3 Å². The number of nitro benzene ring substituents is 1. The molecule has 1 rings (SSSR count). The Balaban J connectivity index is 3.10. The van der Waals surface area contributed by atoms with Crippen molar-refractivity contribution in [2.24, 2.45) is 0 Å². The van der Waals surface area contributed by atoms with Gasteiger partial charge >= 0.3 is 5.97 Å². The molecule has 0 aromatic heterocycles.